The van der Waals surface area contributed by atoms with Crippen LogP contribution in [-0.4, -0.2) is 27.7 Å². The predicted octanol–water partition coefficient (Wildman–Crippen LogP) is -1.05. The first kappa shape index (κ1) is 10.5. The van der Waals surface area contributed by atoms with E-state index in [1.807, 2.05) is 7.85 Å². The summed E-state index contributed by atoms with van der Waals surface area (Å²) in [5, 5.41) is 0.567. The normalized spacial score (nSPS) is 14.1. The van der Waals surface area contributed by atoms with Crippen molar-refractivity contribution in [3.05, 3.63) is 21.0 Å². The van der Waals surface area contributed by atoms with Gasteiger partial charge in [0.15, 0.2) is 5.16 Å². The van der Waals surface area contributed by atoms with E-state index in [2.05, 4.69) is 4.98 Å². The molecule has 15 heavy (non-hydrogen) atoms. The van der Waals surface area contributed by atoms with E-state index in [-0.39, 0.29) is 5.69 Å². The van der Waals surface area contributed by atoms with Crippen LogP contribution in [0.1, 0.15) is 6.42 Å². The fraction of sp³-hybridized carbons (Fsp3) is 0.625. The molecule has 0 aromatic carbocycles. The number of nitrogens with zero attached hydrogens (tertiary/aromatic N) is 3. The molecule has 0 amide bonds. The molecular weight excluding hydrogens is 213 g/mol. The maximum Gasteiger partial charge on any atom is 0.354 e. The lowest BCUT2D eigenvalue weighted by atomic mass is 10.0. The summed E-state index contributed by atoms with van der Waals surface area (Å²) in [6.07, 6.45) is 1.80. The summed E-state index contributed by atoms with van der Waals surface area (Å²) in [5.41, 5.74) is -0.613. The maximum absolute atomic E-state index is 11.9. The van der Waals surface area contributed by atoms with Gasteiger partial charge in [0.2, 0.25) is 0 Å². The van der Waals surface area contributed by atoms with Gasteiger partial charge in [-0.05, 0) is 6.42 Å². The molecule has 0 bridgehead atoms. The molecule has 80 valence electrons. The molecule has 1 aliphatic rings. The molecule has 0 saturated heterocycles. The van der Waals surface area contributed by atoms with Gasteiger partial charge in [-0.3, -0.25) is 4.57 Å². The van der Waals surface area contributed by atoms with Crippen LogP contribution < -0.4 is 11.4 Å². The SMILES string of the molecule is BCCCn1c(=O)nc2n(c1=O)CCS2. The average molecular weight is 225 g/mol. The lowest BCUT2D eigenvalue weighted by molar-refractivity contribution is 0.505. The molecule has 0 spiro atoms. The van der Waals surface area contributed by atoms with E-state index < -0.39 is 5.69 Å². The fourth-order valence-electron chi connectivity index (χ4n) is 1.55. The first-order chi connectivity index (χ1) is 7.24. The highest BCUT2D eigenvalue weighted by atomic mass is 32.2. The lowest BCUT2D eigenvalue weighted by Crippen LogP contribution is -2.41. The second-order valence-corrected chi connectivity index (χ2v) is 4.53. The van der Waals surface area contributed by atoms with Gasteiger partial charge in [-0.15, -0.1) is 0 Å². The summed E-state index contributed by atoms with van der Waals surface area (Å²) in [7, 11) is 2.03. The Hall–Kier alpha value is -0.975. The molecule has 1 aromatic rings. The Labute approximate surface area is 91.9 Å². The minimum atomic E-state index is -0.408. The third kappa shape index (κ3) is 1.88. The summed E-state index contributed by atoms with van der Waals surface area (Å²) < 4.78 is 2.82. The molecule has 5 nitrogen and oxygen atoms in total. The lowest BCUT2D eigenvalue weighted by Gasteiger charge is -2.06. The van der Waals surface area contributed by atoms with Crippen LogP contribution in [0.2, 0.25) is 6.32 Å². The summed E-state index contributed by atoms with van der Waals surface area (Å²) >= 11 is 1.47. The molecule has 1 aliphatic heterocycles. The van der Waals surface area contributed by atoms with Gasteiger partial charge in [0.05, 0.1) is 0 Å². The summed E-state index contributed by atoms with van der Waals surface area (Å²) in [6.45, 7) is 1.14. The van der Waals surface area contributed by atoms with Crippen molar-refractivity contribution < 1.29 is 0 Å². The van der Waals surface area contributed by atoms with Crippen molar-refractivity contribution in [3.63, 3.8) is 0 Å². The van der Waals surface area contributed by atoms with E-state index in [9.17, 15) is 9.59 Å². The summed E-state index contributed by atoms with van der Waals surface area (Å²) in [4.78, 5) is 27.3. The number of hydrogen-bond acceptors (Lipinski definition) is 4. The maximum atomic E-state index is 11.9. The number of fused-ring (bicyclic) bond motifs is 1. The molecular formula is C8H12BN3O2S. The van der Waals surface area contributed by atoms with E-state index in [0.29, 0.717) is 18.2 Å². The van der Waals surface area contributed by atoms with Crippen LogP contribution in [-0.2, 0) is 13.1 Å². The molecule has 2 heterocycles. The zero-order chi connectivity index (χ0) is 10.8. The quantitative estimate of drug-likeness (QED) is 0.616. The third-order valence-electron chi connectivity index (χ3n) is 2.40. The Morgan fingerprint density at radius 1 is 1.47 bits per heavy atom. The van der Waals surface area contributed by atoms with Crippen LogP contribution in [0.25, 0.3) is 0 Å². The molecule has 0 saturated carbocycles. The average Bonchev–Trinajstić information content (AvgIpc) is 2.65. The van der Waals surface area contributed by atoms with Gasteiger partial charge < -0.3 is 0 Å². The van der Waals surface area contributed by atoms with Crippen molar-refractivity contribution in [1.29, 1.82) is 0 Å². The first-order valence-electron chi connectivity index (χ1n) is 5.08. The van der Waals surface area contributed by atoms with Crippen molar-refractivity contribution in [2.24, 2.45) is 0 Å². The van der Waals surface area contributed by atoms with Crippen LogP contribution >= 0.6 is 11.8 Å². The van der Waals surface area contributed by atoms with Gasteiger partial charge in [-0.2, -0.15) is 4.98 Å². The largest absolute Gasteiger partial charge is 0.354 e. The highest BCUT2D eigenvalue weighted by Crippen LogP contribution is 2.18. The number of thioether (sulfide) groups is 1. The monoisotopic (exact) mass is 225 g/mol. The zero-order valence-electron chi connectivity index (χ0n) is 8.60. The zero-order valence-corrected chi connectivity index (χ0v) is 9.42. The molecule has 7 heteroatoms. The van der Waals surface area contributed by atoms with Crippen LogP contribution in [0.3, 0.4) is 0 Å². The number of aromatic nitrogens is 3. The highest BCUT2D eigenvalue weighted by molar-refractivity contribution is 7.99. The van der Waals surface area contributed by atoms with Gasteiger partial charge in [-0.25, -0.2) is 14.2 Å². The van der Waals surface area contributed by atoms with Crippen molar-refractivity contribution in [2.45, 2.75) is 31.0 Å². The van der Waals surface area contributed by atoms with Gasteiger partial charge >= 0.3 is 11.4 Å². The molecule has 0 unspecified atom stereocenters. The third-order valence-corrected chi connectivity index (χ3v) is 3.35. The standard InChI is InChI=1S/C8H12BN3O2S/c9-2-1-3-11-6(13)10-7-12(8(11)14)4-5-15-7/h1-5,9H2. The minimum Gasteiger partial charge on any atom is -0.271 e. The number of rotatable bonds is 3. The molecule has 0 radical (unpaired) electrons. The molecule has 2 rings (SSSR count). The first-order valence-corrected chi connectivity index (χ1v) is 6.07. The Kier molecular flexibility index (Phi) is 2.99. The van der Waals surface area contributed by atoms with Crippen LogP contribution in [0.4, 0.5) is 0 Å². The Morgan fingerprint density at radius 3 is 3.00 bits per heavy atom. The van der Waals surface area contributed by atoms with Crippen LogP contribution in [0, 0.1) is 0 Å². The smallest absolute Gasteiger partial charge is 0.271 e. The van der Waals surface area contributed by atoms with E-state index in [1.54, 1.807) is 4.57 Å². The second-order valence-electron chi connectivity index (χ2n) is 3.46. The Morgan fingerprint density at radius 2 is 2.27 bits per heavy atom. The predicted molar refractivity (Wildman–Crippen MR) is 61.4 cm³/mol. The van der Waals surface area contributed by atoms with Crippen molar-refractivity contribution in [1.82, 2.24) is 14.1 Å². The second kappa shape index (κ2) is 4.26. The summed E-state index contributed by atoms with van der Waals surface area (Å²) in [6, 6.07) is 0. The Bertz CT molecular complexity index is 482. The van der Waals surface area contributed by atoms with E-state index in [0.717, 1.165) is 18.5 Å². The topological polar surface area (TPSA) is 56.9 Å². The van der Waals surface area contributed by atoms with Crippen LogP contribution in [0.5, 0.6) is 0 Å². The molecule has 0 aliphatic carbocycles. The van der Waals surface area contributed by atoms with E-state index >= 15 is 0 Å². The molecule has 0 fully saturated rings. The van der Waals surface area contributed by atoms with Gasteiger partial charge in [0.1, 0.15) is 7.85 Å². The molecule has 0 atom stereocenters. The number of hydrogen-bond donors (Lipinski definition) is 0. The van der Waals surface area contributed by atoms with Crippen molar-refractivity contribution in [3.8, 4) is 0 Å². The van der Waals surface area contributed by atoms with E-state index in [4.69, 9.17) is 0 Å². The van der Waals surface area contributed by atoms with Gasteiger partial charge in [0.25, 0.3) is 0 Å². The van der Waals surface area contributed by atoms with Crippen molar-refractivity contribution >= 4 is 19.6 Å². The fourth-order valence-corrected chi connectivity index (χ4v) is 2.47. The van der Waals surface area contributed by atoms with Crippen molar-refractivity contribution in [2.75, 3.05) is 5.75 Å². The van der Waals surface area contributed by atoms with Crippen LogP contribution in [0.15, 0.2) is 14.7 Å². The minimum absolute atomic E-state index is 0.205. The summed E-state index contributed by atoms with van der Waals surface area (Å²) in [5.74, 6) is 0.833. The molecule has 0 N–H and O–H groups in total. The van der Waals surface area contributed by atoms with Gasteiger partial charge in [-0.1, -0.05) is 18.1 Å². The van der Waals surface area contributed by atoms with Gasteiger partial charge in [0, 0.05) is 18.8 Å². The Balaban J connectivity index is 2.47. The highest BCUT2D eigenvalue weighted by Gasteiger charge is 2.17. The molecule has 1 aromatic heterocycles. The van der Waals surface area contributed by atoms with E-state index in [1.165, 1.54) is 16.3 Å².